The maximum atomic E-state index is 12.6. The van der Waals surface area contributed by atoms with Crippen LogP contribution in [0.2, 0.25) is 0 Å². The van der Waals surface area contributed by atoms with Gasteiger partial charge in [-0.3, -0.25) is 4.79 Å². The maximum Gasteiger partial charge on any atom is 0.358 e. The Hall–Kier alpha value is -3.61. The van der Waals surface area contributed by atoms with Crippen molar-refractivity contribution >= 4 is 11.9 Å². The van der Waals surface area contributed by atoms with Gasteiger partial charge >= 0.3 is 5.97 Å². The minimum atomic E-state index is -0.478. The zero-order valence-corrected chi connectivity index (χ0v) is 18.3. The molecule has 7 heteroatoms. The van der Waals surface area contributed by atoms with E-state index in [1.165, 1.54) is 12.8 Å². The number of hydrogen-bond acceptors (Lipinski definition) is 5. The number of carbonyl (C=O) groups is 2. The molecule has 3 aromatic rings. The lowest BCUT2D eigenvalue weighted by molar-refractivity contribution is 0.0518. The molecule has 1 saturated carbocycles. The van der Waals surface area contributed by atoms with Gasteiger partial charge < -0.3 is 14.8 Å². The van der Waals surface area contributed by atoms with Crippen LogP contribution in [0.4, 0.5) is 0 Å². The summed E-state index contributed by atoms with van der Waals surface area (Å²) in [5.41, 5.74) is 3.17. The second-order valence-electron chi connectivity index (χ2n) is 7.78. The van der Waals surface area contributed by atoms with Crippen molar-refractivity contribution in [3.8, 4) is 22.7 Å². The van der Waals surface area contributed by atoms with E-state index in [0.29, 0.717) is 5.56 Å². The zero-order valence-electron chi connectivity index (χ0n) is 18.3. The van der Waals surface area contributed by atoms with Crippen molar-refractivity contribution in [2.75, 3.05) is 13.7 Å². The number of methoxy groups -OCH3 is 1. The number of ether oxygens (including phenoxy) is 2. The number of benzene rings is 2. The molecule has 1 N–H and O–H groups in total. The number of hydrogen-bond donors (Lipinski definition) is 1. The van der Waals surface area contributed by atoms with Gasteiger partial charge in [-0.2, -0.15) is 5.10 Å². The Labute approximate surface area is 187 Å². The van der Waals surface area contributed by atoms with Gasteiger partial charge in [-0.1, -0.05) is 12.8 Å². The second-order valence-corrected chi connectivity index (χ2v) is 7.78. The first-order valence-electron chi connectivity index (χ1n) is 10.9. The van der Waals surface area contributed by atoms with E-state index >= 15 is 0 Å². The highest BCUT2D eigenvalue weighted by atomic mass is 16.5. The van der Waals surface area contributed by atoms with Crippen molar-refractivity contribution in [3.63, 3.8) is 0 Å². The fourth-order valence-electron chi connectivity index (χ4n) is 3.94. The minimum absolute atomic E-state index is 0.0634. The molecule has 7 nitrogen and oxygen atoms in total. The topological polar surface area (TPSA) is 82.5 Å². The molecular weight excluding hydrogens is 406 g/mol. The monoisotopic (exact) mass is 433 g/mol. The van der Waals surface area contributed by atoms with E-state index in [4.69, 9.17) is 9.47 Å². The highest BCUT2D eigenvalue weighted by Crippen LogP contribution is 2.27. The van der Waals surface area contributed by atoms with Crippen molar-refractivity contribution in [1.29, 1.82) is 0 Å². The number of nitrogens with one attached hydrogen (secondary N) is 1. The Balaban J connectivity index is 1.64. The van der Waals surface area contributed by atoms with Gasteiger partial charge in [0, 0.05) is 17.2 Å². The maximum absolute atomic E-state index is 12.6. The van der Waals surface area contributed by atoms with E-state index in [1.54, 1.807) is 36.9 Å². The fourth-order valence-corrected chi connectivity index (χ4v) is 3.94. The minimum Gasteiger partial charge on any atom is -0.497 e. The standard InChI is InChI=1S/C25H27N3O4/c1-3-32-25(30)22-16-23(17-10-14-21(31-2)15-11-17)28(27-22)20-12-8-18(9-13-20)24(29)26-19-6-4-5-7-19/h8-16,19H,3-7H2,1-2H3,(H,26,29). The van der Waals surface area contributed by atoms with Gasteiger partial charge in [0.25, 0.3) is 5.91 Å². The Morgan fingerprint density at radius 1 is 1.06 bits per heavy atom. The van der Waals surface area contributed by atoms with E-state index in [2.05, 4.69) is 10.4 Å². The van der Waals surface area contributed by atoms with Gasteiger partial charge in [-0.05, 0) is 74.4 Å². The van der Waals surface area contributed by atoms with Crippen LogP contribution in [0.25, 0.3) is 16.9 Å². The van der Waals surface area contributed by atoms with Crippen molar-refractivity contribution in [2.24, 2.45) is 0 Å². The predicted molar refractivity (Wildman–Crippen MR) is 121 cm³/mol. The Morgan fingerprint density at radius 2 is 1.75 bits per heavy atom. The number of esters is 1. The van der Waals surface area contributed by atoms with Crippen LogP contribution in [-0.2, 0) is 4.74 Å². The first-order valence-corrected chi connectivity index (χ1v) is 10.9. The molecule has 0 saturated heterocycles. The molecule has 1 amide bonds. The number of aromatic nitrogens is 2. The molecule has 4 rings (SSSR count). The summed E-state index contributed by atoms with van der Waals surface area (Å²) in [6, 6.07) is 16.7. The third kappa shape index (κ3) is 4.66. The molecule has 1 heterocycles. The van der Waals surface area contributed by atoms with Gasteiger partial charge in [0.05, 0.1) is 25.1 Å². The average Bonchev–Trinajstić information content (AvgIpc) is 3.50. The van der Waals surface area contributed by atoms with Crippen LogP contribution in [0.5, 0.6) is 5.75 Å². The van der Waals surface area contributed by atoms with Crippen molar-refractivity contribution < 1.29 is 19.1 Å². The molecular formula is C25H27N3O4. The van der Waals surface area contributed by atoms with Gasteiger partial charge in [0.1, 0.15) is 5.75 Å². The lowest BCUT2D eigenvalue weighted by Gasteiger charge is -2.13. The molecule has 0 aliphatic heterocycles. The normalized spacial score (nSPS) is 13.7. The first-order chi connectivity index (χ1) is 15.6. The van der Waals surface area contributed by atoms with Crippen LogP contribution in [0, 0.1) is 0 Å². The number of nitrogens with zero attached hydrogens (tertiary/aromatic N) is 2. The molecule has 1 aromatic heterocycles. The molecule has 2 aromatic carbocycles. The molecule has 1 fully saturated rings. The average molecular weight is 434 g/mol. The van der Waals surface area contributed by atoms with Crippen LogP contribution in [-0.4, -0.2) is 41.4 Å². The van der Waals surface area contributed by atoms with Gasteiger partial charge in [-0.15, -0.1) is 0 Å². The molecule has 0 spiro atoms. The first kappa shape index (κ1) is 21.6. The largest absolute Gasteiger partial charge is 0.497 e. The summed E-state index contributed by atoms with van der Waals surface area (Å²) in [6.45, 7) is 2.03. The van der Waals surface area contributed by atoms with E-state index < -0.39 is 5.97 Å². The molecule has 0 radical (unpaired) electrons. The highest BCUT2D eigenvalue weighted by molar-refractivity contribution is 5.94. The van der Waals surface area contributed by atoms with Crippen molar-refractivity contribution in [1.82, 2.24) is 15.1 Å². The van der Waals surface area contributed by atoms with Crippen LogP contribution < -0.4 is 10.1 Å². The summed E-state index contributed by atoms with van der Waals surface area (Å²) in [7, 11) is 1.61. The van der Waals surface area contributed by atoms with Crippen molar-refractivity contribution in [3.05, 3.63) is 65.9 Å². The van der Waals surface area contributed by atoms with E-state index in [1.807, 2.05) is 36.4 Å². The lowest BCUT2D eigenvalue weighted by atomic mass is 10.1. The summed E-state index contributed by atoms with van der Waals surface area (Å²) < 4.78 is 12.1. The van der Waals surface area contributed by atoms with Crippen LogP contribution >= 0.6 is 0 Å². The lowest BCUT2D eigenvalue weighted by Crippen LogP contribution is -2.32. The van der Waals surface area contributed by atoms with Gasteiger partial charge in [-0.25, -0.2) is 9.48 Å². The second kappa shape index (κ2) is 9.68. The smallest absolute Gasteiger partial charge is 0.358 e. The Bertz CT molecular complexity index is 1080. The summed E-state index contributed by atoms with van der Waals surface area (Å²) in [5.74, 6) is 0.197. The molecule has 1 aliphatic carbocycles. The number of amides is 1. The Morgan fingerprint density at radius 3 is 2.38 bits per heavy atom. The summed E-state index contributed by atoms with van der Waals surface area (Å²) in [6.07, 6.45) is 4.41. The molecule has 0 bridgehead atoms. The highest BCUT2D eigenvalue weighted by Gasteiger charge is 2.20. The SMILES string of the molecule is CCOC(=O)c1cc(-c2ccc(OC)cc2)n(-c2ccc(C(=O)NC3CCCC3)cc2)n1. The van der Waals surface area contributed by atoms with Crippen molar-refractivity contribution in [2.45, 2.75) is 38.6 Å². The van der Waals surface area contributed by atoms with E-state index in [0.717, 1.165) is 35.5 Å². The molecule has 32 heavy (non-hydrogen) atoms. The van der Waals surface area contributed by atoms with Crippen LogP contribution in [0.1, 0.15) is 53.5 Å². The van der Waals surface area contributed by atoms with Crippen LogP contribution in [0.3, 0.4) is 0 Å². The van der Waals surface area contributed by atoms with E-state index in [-0.39, 0.29) is 24.2 Å². The quantitative estimate of drug-likeness (QED) is 0.559. The summed E-state index contributed by atoms with van der Waals surface area (Å²) >= 11 is 0. The summed E-state index contributed by atoms with van der Waals surface area (Å²) in [4.78, 5) is 24.9. The third-order valence-electron chi connectivity index (χ3n) is 5.64. The molecule has 0 atom stereocenters. The number of rotatable bonds is 7. The molecule has 1 aliphatic rings. The Kier molecular flexibility index (Phi) is 6.54. The molecule has 166 valence electrons. The van der Waals surface area contributed by atoms with Gasteiger partial charge in [0.15, 0.2) is 5.69 Å². The third-order valence-corrected chi connectivity index (χ3v) is 5.64. The van der Waals surface area contributed by atoms with E-state index in [9.17, 15) is 9.59 Å². The fraction of sp³-hybridized carbons (Fsp3) is 0.320. The summed E-state index contributed by atoms with van der Waals surface area (Å²) in [5, 5.41) is 7.59. The zero-order chi connectivity index (χ0) is 22.5. The predicted octanol–water partition coefficient (Wildman–Crippen LogP) is 4.40. The number of carbonyl (C=O) groups excluding carboxylic acids is 2. The van der Waals surface area contributed by atoms with Gasteiger partial charge in [0.2, 0.25) is 0 Å². The molecule has 0 unspecified atom stereocenters. The van der Waals surface area contributed by atoms with Crippen LogP contribution in [0.15, 0.2) is 54.6 Å².